The zero-order valence-corrected chi connectivity index (χ0v) is 17.2. The molecule has 1 N–H and O–H groups in total. The van der Waals surface area contributed by atoms with Gasteiger partial charge in [-0.15, -0.1) is 0 Å². The highest BCUT2D eigenvalue weighted by atomic mass is 79.9. The van der Waals surface area contributed by atoms with E-state index < -0.39 is 23.7 Å². The Bertz CT molecular complexity index is 971. The lowest BCUT2D eigenvalue weighted by molar-refractivity contribution is -0.140. The van der Waals surface area contributed by atoms with Gasteiger partial charge in [0.15, 0.2) is 0 Å². The van der Waals surface area contributed by atoms with Crippen molar-refractivity contribution in [2.45, 2.75) is 13.5 Å². The van der Waals surface area contributed by atoms with Gasteiger partial charge in [-0.25, -0.2) is 0 Å². The number of halogens is 1. The van der Waals surface area contributed by atoms with Crippen LogP contribution in [0.2, 0.25) is 0 Å². The molecule has 2 amide bonds. The largest absolute Gasteiger partial charge is 0.488 e. The number of imide groups is 1. The smallest absolute Gasteiger partial charge is 0.323 e. The number of nitrogens with zero attached hydrogens (tertiary/aromatic N) is 1. The third kappa shape index (κ3) is 4.82. The summed E-state index contributed by atoms with van der Waals surface area (Å²) in [5.74, 6) is -1.32. The van der Waals surface area contributed by atoms with Gasteiger partial charge in [0.2, 0.25) is 0 Å². The molecule has 8 heteroatoms. The first kappa shape index (κ1) is 20.2. The zero-order valence-electron chi connectivity index (χ0n) is 14.8. The number of hydrogen-bond acceptors (Lipinski definition) is 5. The Balaban J connectivity index is 1.83. The molecule has 0 bridgehead atoms. The van der Waals surface area contributed by atoms with E-state index in [0.717, 1.165) is 15.6 Å². The Labute approximate surface area is 174 Å². The molecule has 0 aliphatic carbocycles. The van der Waals surface area contributed by atoms with Gasteiger partial charge < -0.3 is 9.84 Å². The van der Waals surface area contributed by atoms with Crippen molar-refractivity contribution >= 4 is 50.9 Å². The number of benzene rings is 2. The van der Waals surface area contributed by atoms with Gasteiger partial charge in [0.25, 0.3) is 11.1 Å². The molecule has 0 spiro atoms. The number of ether oxygens (including phenoxy) is 1. The molecule has 3 rings (SSSR count). The summed E-state index contributed by atoms with van der Waals surface area (Å²) in [5.41, 5.74) is 2.77. The molecular formula is C20H16BrNO5S. The van der Waals surface area contributed by atoms with Crippen LogP contribution in [0, 0.1) is 6.92 Å². The third-order valence-corrected chi connectivity index (χ3v) is 5.34. The molecule has 144 valence electrons. The number of hydrogen-bond donors (Lipinski definition) is 1. The summed E-state index contributed by atoms with van der Waals surface area (Å²) in [6, 6.07) is 13.3. The third-order valence-electron chi connectivity index (χ3n) is 3.94. The van der Waals surface area contributed by atoms with Crippen LogP contribution in [0.4, 0.5) is 4.79 Å². The summed E-state index contributed by atoms with van der Waals surface area (Å²) in [6.45, 7) is 1.70. The summed E-state index contributed by atoms with van der Waals surface area (Å²) < 4.78 is 6.69. The molecular weight excluding hydrogens is 446 g/mol. The lowest BCUT2D eigenvalue weighted by atomic mass is 10.1. The number of carboxylic acids is 1. The average molecular weight is 462 g/mol. The zero-order chi connectivity index (χ0) is 20.3. The maximum Gasteiger partial charge on any atom is 0.323 e. The number of thioether (sulfide) groups is 1. The van der Waals surface area contributed by atoms with Crippen molar-refractivity contribution in [1.29, 1.82) is 0 Å². The summed E-state index contributed by atoms with van der Waals surface area (Å²) in [5, 5.41) is 8.26. The molecule has 1 fully saturated rings. The summed E-state index contributed by atoms with van der Waals surface area (Å²) in [6.07, 6.45) is 1.54. The Morgan fingerprint density at radius 1 is 1.21 bits per heavy atom. The van der Waals surface area contributed by atoms with Crippen LogP contribution in [0.3, 0.4) is 0 Å². The Kier molecular flexibility index (Phi) is 6.21. The first-order chi connectivity index (χ1) is 13.3. The van der Waals surface area contributed by atoms with Gasteiger partial charge in [-0.1, -0.05) is 45.8 Å². The predicted molar refractivity (Wildman–Crippen MR) is 110 cm³/mol. The van der Waals surface area contributed by atoms with Crippen molar-refractivity contribution in [3.8, 4) is 5.75 Å². The maximum atomic E-state index is 12.4. The van der Waals surface area contributed by atoms with E-state index in [0.29, 0.717) is 34.6 Å². The highest BCUT2D eigenvalue weighted by Crippen LogP contribution is 2.35. The standard InChI is InChI=1S/C20H16BrNO5S/c1-12-2-4-13(5-3-12)11-27-16-7-6-15(21)8-14(16)9-17-19(25)22(10-18(23)24)20(26)28-17/h2-9H,10-11H2,1H3,(H,23,24)/b17-9+. The second-order valence-electron chi connectivity index (χ2n) is 6.12. The van der Waals surface area contributed by atoms with Crippen LogP contribution in [0.1, 0.15) is 16.7 Å². The van der Waals surface area contributed by atoms with Gasteiger partial charge in [-0.3, -0.25) is 19.3 Å². The number of aryl methyl sites for hydroxylation is 1. The van der Waals surface area contributed by atoms with E-state index >= 15 is 0 Å². The van der Waals surface area contributed by atoms with Crippen molar-refractivity contribution in [2.24, 2.45) is 0 Å². The van der Waals surface area contributed by atoms with Crippen LogP contribution in [-0.4, -0.2) is 33.7 Å². The van der Waals surface area contributed by atoms with E-state index in [9.17, 15) is 14.4 Å². The van der Waals surface area contributed by atoms with Gasteiger partial charge >= 0.3 is 5.97 Å². The molecule has 1 aliphatic rings. The minimum atomic E-state index is -1.24. The molecule has 0 unspecified atom stereocenters. The molecule has 0 saturated carbocycles. The highest BCUT2D eigenvalue weighted by Gasteiger charge is 2.36. The fraction of sp³-hybridized carbons (Fsp3) is 0.150. The Morgan fingerprint density at radius 3 is 2.61 bits per heavy atom. The van der Waals surface area contributed by atoms with Crippen molar-refractivity contribution in [1.82, 2.24) is 4.90 Å². The molecule has 6 nitrogen and oxygen atoms in total. The second kappa shape index (κ2) is 8.62. The van der Waals surface area contributed by atoms with Crippen LogP contribution < -0.4 is 4.74 Å². The molecule has 2 aromatic rings. The first-order valence-corrected chi connectivity index (χ1v) is 9.89. The van der Waals surface area contributed by atoms with Crippen molar-refractivity contribution in [3.05, 3.63) is 68.5 Å². The van der Waals surface area contributed by atoms with E-state index in [2.05, 4.69) is 15.9 Å². The summed E-state index contributed by atoms with van der Waals surface area (Å²) >= 11 is 4.10. The summed E-state index contributed by atoms with van der Waals surface area (Å²) in [7, 11) is 0. The number of carbonyl (C=O) groups is 3. The molecule has 0 aromatic heterocycles. The summed E-state index contributed by atoms with van der Waals surface area (Å²) in [4.78, 5) is 36.0. The van der Waals surface area contributed by atoms with Crippen LogP contribution in [0.5, 0.6) is 5.75 Å². The fourth-order valence-electron chi connectivity index (χ4n) is 2.52. The second-order valence-corrected chi connectivity index (χ2v) is 8.03. The minimum Gasteiger partial charge on any atom is -0.488 e. The van der Waals surface area contributed by atoms with Crippen LogP contribution in [0.15, 0.2) is 51.8 Å². The Morgan fingerprint density at radius 2 is 1.93 bits per heavy atom. The Hall–Kier alpha value is -2.58. The number of carboxylic acid groups (broad SMARTS) is 1. The van der Waals surface area contributed by atoms with E-state index in [1.165, 1.54) is 0 Å². The minimum absolute atomic E-state index is 0.157. The molecule has 28 heavy (non-hydrogen) atoms. The lowest BCUT2D eigenvalue weighted by Crippen LogP contribution is -2.33. The normalized spacial score (nSPS) is 15.4. The highest BCUT2D eigenvalue weighted by molar-refractivity contribution is 9.10. The first-order valence-electron chi connectivity index (χ1n) is 8.28. The maximum absolute atomic E-state index is 12.4. The number of aliphatic carboxylic acids is 1. The van der Waals surface area contributed by atoms with Gasteiger partial charge in [0.05, 0.1) is 4.91 Å². The SMILES string of the molecule is Cc1ccc(COc2ccc(Br)cc2/C=C2/SC(=O)N(CC(=O)O)C2=O)cc1. The fourth-order valence-corrected chi connectivity index (χ4v) is 3.73. The van der Waals surface area contributed by atoms with Crippen molar-refractivity contribution in [3.63, 3.8) is 0 Å². The van der Waals surface area contributed by atoms with E-state index in [1.807, 2.05) is 37.3 Å². The van der Waals surface area contributed by atoms with E-state index in [4.69, 9.17) is 9.84 Å². The lowest BCUT2D eigenvalue weighted by Gasteiger charge is -2.11. The van der Waals surface area contributed by atoms with Crippen molar-refractivity contribution < 1.29 is 24.2 Å². The molecule has 0 radical (unpaired) electrons. The van der Waals surface area contributed by atoms with E-state index in [1.54, 1.807) is 18.2 Å². The van der Waals surface area contributed by atoms with Crippen LogP contribution in [-0.2, 0) is 16.2 Å². The van der Waals surface area contributed by atoms with Gasteiger partial charge in [0.1, 0.15) is 18.9 Å². The topological polar surface area (TPSA) is 83.9 Å². The molecule has 2 aromatic carbocycles. The van der Waals surface area contributed by atoms with Gasteiger partial charge in [-0.05, 0) is 48.5 Å². The number of carbonyl (C=O) groups excluding carboxylic acids is 2. The van der Waals surface area contributed by atoms with Crippen LogP contribution in [0.25, 0.3) is 6.08 Å². The van der Waals surface area contributed by atoms with Gasteiger partial charge in [-0.2, -0.15) is 0 Å². The van der Waals surface area contributed by atoms with E-state index in [-0.39, 0.29) is 4.91 Å². The number of amides is 2. The molecule has 1 aliphatic heterocycles. The van der Waals surface area contributed by atoms with Crippen LogP contribution >= 0.6 is 27.7 Å². The molecule has 1 heterocycles. The van der Waals surface area contributed by atoms with Crippen molar-refractivity contribution in [2.75, 3.05) is 6.54 Å². The predicted octanol–water partition coefficient (Wildman–Crippen LogP) is 4.46. The molecule has 0 atom stereocenters. The molecule has 1 saturated heterocycles. The average Bonchev–Trinajstić information content (AvgIpc) is 2.89. The van der Waals surface area contributed by atoms with Gasteiger partial charge in [0, 0.05) is 10.0 Å². The quantitative estimate of drug-likeness (QED) is 0.639. The number of rotatable bonds is 6. The monoisotopic (exact) mass is 461 g/mol.